The third-order valence-corrected chi connectivity index (χ3v) is 5.76. The summed E-state index contributed by atoms with van der Waals surface area (Å²) >= 11 is 0. The Morgan fingerprint density at radius 3 is 2.05 bits per heavy atom. The second-order valence-corrected chi connectivity index (χ2v) is 9.20. The fraction of sp³-hybridized carbons (Fsp3) is 0.417. The second kappa shape index (κ2) is 13.2. The van der Waals surface area contributed by atoms with Crippen LogP contribution in [0.1, 0.15) is 32.3 Å². The number of aromatic amines is 1. The molecule has 0 spiro atoms. The molecule has 4 atom stereocenters. The summed E-state index contributed by atoms with van der Waals surface area (Å²) in [5.41, 5.74) is 17.4. The number of carbonyl (C=O) groups excluding carboxylic acids is 5. The van der Waals surface area contributed by atoms with E-state index in [-0.39, 0.29) is 6.42 Å². The Morgan fingerprint density at radius 1 is 0.868 bits per heavy atom. The zero-order chi connectivity index (χ0) is 28.6. The number of nitrogens with two attached hydrogens (primary N) is 3. The predicted octanol–water partition coefficient (Wildman–Crippen LogP) is -2.02. The van der Waals surface area contributed by atoms with E-state index >= 15 is 0 Å². The Bertz CT molecular complexity index is 1210. The van der Waals surface area contributed by atoms with Gasteiger partial charge in [-0.2, -0.15) is 0 Å². The monoisotopic (exact) mass is 531 g/mol. The van der Waals surface area contributed by atoms with Crippen LogP contribution in [0.25, 0.3) is 10.9 Å². The fourth-order valence-electron chi connectivity index (χ4n) is 3.77. The Hall–Kier alpha value is -4.46. The highest BCUT2D eigenvalue weighted by Gasteiger charge is 2.33. The number of carboxylic acid groups (broad SMARTS) is 1. The summed E-state index contributed by atoms with van der Waals surface area (Å²) in [6.07, 6.45) is 0.480. The van der Waals surface area contributed by atoms with Crippen molar-refractivity contribution in [3.05, 3.63) is 36.0 Å². The van der Waals surface area contributed by atoms with Gasteiger partial charge in [-0.3, -0.25) is 24.0 Å². The molecule has 1 heterocycles. The number of hydrogen-bond acceptors (Lipinski definition) is 7. The summed E-state index contributed by atoms with van der Waals surface area (Å²) in [5, 5.41) is 17.6. The first kappa shape index (κ1) is 29.8. The normalized spacial score (nSPS) is 14.2. The fourth-order valence-corrected chi connectivity index (χ4v) is 3.77. The van der Waals surface area contributed by atoms with Crippen LogP contribution in [0.15, 0.2) is 30.5 Å². The third kappa shape index (κ3) is 8.30. The molecule has 14 nitrogen and oxygen atoms in total. The number of hydrogen-bond donors (Lipinski definition) is 8. The van der Waals surface area contributed by atoms with Gasteiger partial charge in [0.2, 0.25) is 29.5 Å². The molecule has 0 radical (unpaired) electrons. The zero-order valence-electron chi connectivity index (χ0n) is 21.0. The standard InChI is InChI=1S/C24H33N7O7/c1-11(2)20(31-21(34)14(25)8-18(26)32)23(36)29-16(9-19(27)33)22(35)30-17(24(37)38)7-12-10-28-15-6-4-3-5-13(12)15/h3-6,10-11,14,16-17,20,28H,7-9,25H2,1-2H3,(H2,26,32)(H2,27,33)(H,29,36)(H,30,35)(H,31,34)(H,37,38). The Morgan fingerprint density at radius 2 is 1.47 bits per heavy atom. The van der Waals surface area contributed by atoms with E-state index in [2.05, 4.69) is 20.9 Å². The van der Waals surface area contributed by atoms with Crippen molar-refractivity contribution in [2.24, 2.45) is 23.1 Å². The van der Waals surface area contributed by atoms with Crippen molar-refractivity contribution in [1.82, 2.24) is 20.9 Å². The second-order valence-electron chi connectivity index (χ2n) is 9.20. The number of fused-ring (bicyclic) bond motifs is 1. The van der Waals surface area contributed by atoms with Gasteiger partial charge in [-0.15, -0.1) is 0 Å². The molecule has 0 aliphatic rings. The molecular weight excluding hydrogens is 498 g/mol. The van der Waals surface area contributed by atoms with E-state index in [9.17, 15) is 33.9 Å². The lowest BCUT2D eigenvalue weighted by Gasteiger charge is -2.26. The highest BCUT2D eigenvalue weighted by Crippen LogP contribution is 2.19. The molecule has 0 fully saturated rings. The zero-order valence-corrected chi connectivity index (χ0v) is 21.0. The molecule has 14 heteroatoms. The number of aliphatic carboxylic acids is 1. The number of H-pyrrole nitrogens is 1. The van der Waals surface area contributed by atoms with Gasteiger partial charge in [0.05, 0.1) is 18.9 Å². The third-order valence-electron chi connectivity index (χ3n) is 5.76. The van der Waals surface area contributed by atoms with Gasteiger partial charge < -0.3 is 43.2 Å². The maximum atomic E-state index is 13.0. The van der Waals surface area contributed by atoms with Crippen molar-refractivity contribution < 1.29 is 33.9 Å². The van der Waals surface area contributed by atoms with Gasteiger partial charge in [-0.05, 0) is 17.5 Å². The number of para-hydroxylation sites is 1. The van der Waals surface area contributed by atoms with Gasteiger partial charge >= 0.3 is 5.97 Å². The van der Waals surface area contributed by atoms with Crippen LogP contribution in [-0.4, -0.2) is 69.8 Å². The lowest BCUT2D eigenvalue weighted by Crippen LogP contribution is -2.59. The molecule has 2 rings (SSSR count). The lowest BCUT2D eigenvalue weighted by molar-refractivity contribution is -0.142. The summed E-state index contributed by atoms with van der Waals surface area (Å²) in [7, 11) is 0. The maximum Gasteiger partial charge on any atom is 0.326 e. The summed E-state index contributed by atoms with van der Waals surface area (Å²) in [6, 6.07) is 1.80. The van der Waals surface area contributed by atoms with Crippen LogP contribution in [0.2, 0.25) is 0 Å². The Labute approximate surface area is 218 Å². The average Bonchev–Trinajstić information content (AvgIpc) is 3.23. The Kier molecular flexibility index (Phi) is 10.3. The van der Waals surface area contributed by atoms with E-state index < -0.39 is 78.4 Å². The van der Waals surface area contributed by atoms with Crippen LogP contribution < -0.4 is 33.2 Å². The molecule has 38 heavy (non-hydrogen) atoms. The van der Waals surface area contributed by atoms with E-state index in [1.165, 1.54) is 0 Å². The minimum atomic E-state index is -1.53. The first-order valence-electron chi connectivity index (χ1n) is 11.8. The smallest absolute Gasteiger partial charge is 0.326 e. The number of benzene rings is 1. The molecule has 206 valence electrons. The van der Waals surface area contributed by atoms with Crippen LogP contribution in [0.4, 0.5) is 0 Å². The molecule has 0 aliphatic carbocycles. The van der Waals surface area contributed by atoms with Gasteiger partial charge in [0.15, 0.2) is 0 Å². The van der Waals surface area contributed by atoms with Crippen molar-refractivity contribution in [2.75, 3.05) is 0 Å². The Balaban J connectivity index is 2.17. The number of carboxylic acids is 1. The van der Waals surface area contributed by atoms with Crippen LogP contribution >= 0.6 is 0 Å². The molecule has 0 aliphatic heterocycles. The maximum absolute atomic E-state index is 13.0. The van der Waals surface area contributed by atoms with Crippen molar-refractivity contribution in [3.8, 4) is 0 Å². The highest BCUT2D eigenvalue weighted by molar-refractivity contribution is 5.97. The molecule has 0 saturated carbocycles. The number of rotatable bonds is 14. The number of aromatic nitrogens is 1. The van der Waals surface area contributed by atoms with E-state index in [0.29, 0.717) is 5.56 Å². The van der Waals surface area contributed by atoms with Crippen molar-refractivity contribution >= 4 is 46.4 Å². The number of nitrogens with one attached hydrogen (secondary N) is 4. The van der Waals surface area contributed by atoms with Crippen LogP contribution in [0.3, 0.4) is 0 Å². The summed E-state index contributed by atoms with van der Waals surface area (Å²) in [4.78, 5) is 75.9. The van der Waals surface area contributed by atoms with E-state index in [1.54, 1.807) is 32.2 Å². The molecule has 2 aromatic rings. The van der Waals surface area contributed by atoms with Crippen LogP contribution in [0, 0.1) is 5.92 Å². The van der Waals surface area contributed by atoms with Gasteiger partial charge in [0.1, 0.15) is 18.1 Å². The number of amides is 5. The average molecular weight is 532 g/mol. The van der Waals surface area contributed by atoms with Crippen LogP contribution in [0.5, 0.6) is 0 Å². The molecule has 1 aromatic carbocycles. The molecule has 0 bridgehead atoms. The predicted molar refractivity (Wildman–Crippen MR) is 136 cm³/mol. The summed E-state index contributed by atoms with van der Waals surface area (Å²) < 4.78 is 0. The summed E-state index contributed by atoms with van der Waals surface area (Å²) in [5.74, 6) is -6.18. The number of primary amides is 2. The van der Waals surface area contributed by atoms with Gasteiger partial charge in [0.25, 0.3) is 0 Å². The lowest BCUT2D eigenvalue weighted by atomic mass is 10.0. The van der Waals surface area contributed by atoms with Crippen molar-refractivity contribution in [3.63, 3.8) is 0 Å². The summed E-state index contributed by atoms with van der Waals surface area (Å²) in [6.45, 7) is 3.21. The number of carbonyl (C=O) groups is 6. The quantitative estimate of drug-likeness (QED) is 0.135. The molecule has 5 amide bonds. The highest BCUT2D eigenvalue weighted by atomic mass is 16.4. The SMILES string of the molecule is CC(C)C(NC(=O)C(N)CC(N)=O)C(=O)NC(CC(N)=O)C(=O)NC(Cc1c[nH]c2ccccc12)C(=O)O. The first-order chi connectivity index (χ1) is 17.8. The first-order valence-corrected chi connectivity index (χ1v) is 11.8. The molecule has 11 N–H and O–H groups in total. The minimum absolute atomic E-state index is 0.0786. The van der Waals surface area contributed by atoms with Gasteiger partial charge in [-0.25, -0.2) is 4.79 Å². The molecule has 1 aromatic heterocycles. The topological polar surface area (TPSA) is 253 Å². The van der Waals surface area contributed by atoms with E-state index in [0.717, 1.165) is 10.9 Å². The minimum Gasteiger partial charge on any atom is -0.480 e. The molecule has 4 unspecified atom stereocenters. The van der Waals surface area contributed by atoms with Crippen molar-refractivity contribution in [2.45, 2.75) is 57.3 Å². The van der Waals surface area contributed by atoms with Crippen LogP contribution in [-0.2, 0) is 35.2 Å². The van der Waals surface area contributed by atoms with E-state index in [4.69, 9.17) is 17.2 Å². The largest absolute Gasteiger partial charge is 0.480 e. The molecular formula is C24H33N7O7. The van der Waals surface area contributed by atoms with Gasteiger partial charge in [0, 0.05) is 23.5 Å². The van der Waals surface area contributed by atoms with Gasteiger partial charge in [-0.1, -0.05) is 32.0 Å². The van der Waals surface area contributed by atoms with E-state index in [1.807, 2.05) is 12.1 Å². The van der Waals surface area contributed by atoms with Crippen molar-refractivity contribution in [1.29, 1.82) is 0 Å². The molecule has 0 saturated heterocycles.